The summed E-state index contributed by atoms with van der Waals surface area (Å²) in [5, 5.41) is 7.12. The maximum atomic E-state index is 13.4. The number of likely N-dealkylation sites (N-methyl/N-ethyl adjacent to an activating group) is 1. The Hall–Kier alpha value is -2.38. The molecule has 0 unspecified atom stereocenters. The van der Waals surface area contributed by atoms with Crippen LogP contribution in [0.25, 0.3) is 0 Å². The van der Waals surface area contributed by atoms with Gasteiger partial charge in [0.2, 0.25) is 15.9 Å². The molecule has 1 saturated heterocycles. The number of para-hydroxylation sites is 1. The number of fused-ring (bicyclic) bond motifs is 2. The first-order chi connectivity index (χ1) is 15.2. The molecule has 3 rings (SSSR count). The Morgan fingerprint density at radius 3 is 2.30 bits per heavy atom. The summed E-state index contributed by atoms with van der Waals surface area (Å²) in [4.78, 5) is 24.7. The normalized spacial score (nSPS) is 22.6. The number of benzene rings is 1. The molecule has 2 aliphatic rings. The third kappa shape index (κ3) is 6.81. The van der Waals surface area contributed by atoms with Crippen molar-refractivity contribution in [3.05, 3.63) is 24.3 Å². The van der Waals surface area contributed by atoms with Gasteiger partial charge in [0.15, 0.2) is 0 Å². The highest BCUT2D eigenvalue weighted by Gasteiger charge is 2.43. The zero-order chi connectivity index (χ0) is 25.0. The van der Waals surface area contributed by atoms with E-state index in [9.17, 15) is 26.4 Å². The summed E-state index contributed by atoms with van der Waals surface area (Å²) < 4.78 is 66.2. The fourth-order valence-corrected chi connectivity index (χ4v) is 5.45. The molecule has 186 valence electrons. The SMILES string of the molecule is CC(=O)N1CC[C@@H]2Oc3ccccc3S(=O)(=O)N(CCN(C)C)[C@H]2CC1.O=C(O)C(F)(F)F. The van der Waals surface area contributed by atoms with Gasteiger partial charge < -0.3 is 19.6 Å². The average molecular weight is 496 g/mol. The molecule has 33 heavy (non-hydrogen) atoms. The number of hydrogen-bond acceptors (Lipinski definition) is 6. The predicted octanol–water partition coefficient (Wildman–Crippen LogP) is 1.64. The van der Waals surface area contributed by atoms with Gasteiger partial charge in [-0.05, 0) is 32.6 Å². The Bertz CT molecular complexity index is 955. The zero-order valence-electron chi connectivity index (χ0n) is 18.6. The molecule has 2 atom stereocenters. The molecule has 13 heteroatoms. The van der Waals surface area contributed by atoms with Crippen molar-refractivity contribution in [2.45, 2.75) is 43.0 Å². The minimum absolute atomic E-state index is 0.0181. The number of carbonyl (C=O) groups excluding carboxylic acids is 1. The molecule has 2 heterocycles. The maximum Gasteiger partial charge on any atom is 0.490 e. The number of likely N-dealkylation sites (tertiary alicyclic amines) is 1. The number of nitrogens with zero attached hydrogens (tertiary/aromatic N) is 3. The lowest BCUT2D eigenvalue weighted by Crippen LogP contribution is -2.49. The lowest BCUT2D eigenvalue weighted by molar-refractivity contribution is -0.192. The highest BCUT2D eigenvalue weighted by molar-refractivity contribution is 7.89. The Labute approximate surface area is 190 Å². The number of alkyl halides is 3. The average Bonchev–Trinajstić information content (AvgIpc) is 2.95. The smallest absolute Gasteiger partial charge is 0.487 e. The highest BCUT2D eigenvalue weighted by Crippen LogP contribution is 2.36. The molecule has 1 N–H and O–H groups in total. The van der Waals surface area contributed by atoms with Gasteiger partial charge in [0, 0.05) is 39.5 Å². The molecular formula is C20H28F3N3O6S. The number of halogens is 3. The molecule has 0 spiro atoms. The highest BCUT2D eigenvalue weighted by atomic mass is 32.2. The van der Waals surface area contributed by atoms with E-state index in [2.05, 4.69) is 0 Å². The van der Waals surface area contributed by atoms with Crippen LogP contribution in [0.4, 0.5) is 13.2 Å². The van der Waals surface area contributed by atoms with Crippen LogP contribution in [0.5, 0.6) is 5.75 Å². The lowest BCUT2D eigenvalue weighted by Gasteiger charge is -2.32. The fourth-order valence-electron chi connectivity index (χ4n) is 3.66. The molecular weight excluding hydrogens is 467 g/mol. The van der Waals surface area contributed by atoms with Crippen LogP contribution in [0.2, 0.25) is 0 Å². The summed E-state index contributed by atoms with van der Waals surface area (Å²) in [5.74, 6) is -2.33. The summed E-state index contributed by atoms with van der Waals surface area (Å²) in [6.07, 6.45) is -4.16. The van der Waals surface area contributed by atoms with E-state index in [1.165, 1.54) is 0 Å². The topological polar surface area (TPSA) is 107 Å². The van der Waals surface area contributed by atoms with Crippen molar-refractivity contribution in [3.63, 3.8) is 0 Å². The van der Waals surface area contributed by atoms with Gasteiger partial charge in [-0.2, -0.15) is 17.5 Å². The molecule has 0 radical (unpaired) electrons. The van der Waals surface area contributed by atoms with Gasteiger partial charge in [0.1, 0.15) is 16.7 Å². The van der Waals surface area contributed by atoms with Gasteiger partial charge in [-0.3, -0.25) is 4.79 Å². The fraction of sp³-hybridized carbons (Fsp3) is 0.600. The van der Waals surface area contributed by atoms with Gasteiger partial charge in [0.05, 0.1) is 6.04 Å². The van der Waals surface area contributed by atoms with Gasteiger partial charge in [0.25, 0.3) is 0 Å². The summed E-state index contributed by atoms with van der Waals surface area (Å²) in [7, 11) is 0.194. The van der Waals surface area contributed by atoms with E-state index in [1.807, 2.05) is 19.0 Å². The van der Waals surface area contributed by atoms with Crippen LogP contribution in [0.3, 0.4) is 0 Å². The van der Waals surface area contributed by atoms with Gasteiger partial charge in [-0.15, -0.1) is 0 Å². The number of carboxylic acids is 1. The van der Waals surface area contributed by atoms with Crippen molar-refractivity contribution < 1.29 is 41.0 Å². The van der Waals surface area contributed by atoms with Gasteiger partial charge in [-0.25, -0.2) is 13.2 Å². The summed E-state index contributed by atoms with van der Waals surface area (Å²) in [5.41, 5.74) is 0. The first-order valence-corrected chi connectivity index (χ1v) is 11.7. The van der Waals surface area contributed by atoms with Crippen molar-refractivity contribution in [2.75, 3.05) is 40.3 Å². The van der Waals surface area contributed by atoms with E-state index >= 15 is 0 Å². The number of ether oxygens (including phenoxy) is 1. The number of sulfonamides is 1. The number of amides is 1. The van der Waals surface area contributed by atoms with Crippen LogP contribution in [0, 0.1) is 0 Å². The number of carboxylic acid groups (broad SMARTS) is 1. The van der Waals surface area contributed by atoms with E-state index in [1.54, 1.807) is 40.4 Å². The number of hydrogen-bond donors (Lipinski definition) is 1. The number of rotatable bonds is 3. The van der Waals surface area contributed by atoms with Crippen LogP contribution in [0.1, 0.15) is 19.8 Å². The van der Waals surface area contributed by atoms with E-state index < -0.39 is 22.2 Å². The second-order valence-corrected chi connectivity index (χ2v) is 9.83. The van der Waals surface area contributed by atoms with Crippen LogP contribution in [-0.2, 0) is 19.6 Å². The second-order valence-electron chi connectivity index (χ2n) is 7.98. The summed E-state index contributed by atoms with van der Waals surface area (Å²) >= 11 is 0. The van der Waals surface area contributed by atoms with E-state index in [-0.39, 0.29) is 22.9 Å². The van der Waals surface area contributed by atoms with Crippen LogP contribution < -0.4 is 4.74 Å². The molecule has 0 aromatic heterocycles. The monoisotopic (exact) mass is 495 g/mol. The molecule has 9 nitrogen and oxygen atoms in total. The first kappa shape index (κ1) is 26.9. The Kier molecular flexibility index (Phi) is 8.71. The van der Waals surface area contributed by atoms with E-state index in [0.717, 1.165) is 0 Å². The molecule has 0 saturated carbocycles. The molecule has 1 fully saturated rings. The number of aliphatic carboxylic acids is 1. The lowest BCUT2D eigenvalue weighted by atomic mass is 10.1. The summed E-state index contributed by atoms with van der Waals surface area (Å²) in [6, 6.07) is 6.56. The predicted molar refractivity (Wildman–Crippen MR) is 112 cm³/mol. The van der Waals surface area contributed by atoms with Crippen molar-refractivity contribution >= 4 is 21.9 Å². The molecule has 2 aliphatic heterocycles. The zero-order valence-corrected chi connectivity index (χ0v) is 19.4. The minimum Gasteiger partial charge on any atom is -0.487 e. The standard InChI is InChI=1S/C18H27N3O4S.C2HF3O2/c1-14(22)20-10-8-15-16(9-11-20)25-17-6-4-5-7-18(17)26(23,24)21(15)13-12-19(2)3;3-2(4,5)1(6)7/h4-7,15-16H,8-13H2,1-3H3;(H,6,7)/t15-,16-;/m0./s1. The Balaban J connectivity index is 0.000000479. The Morgan fingerprint density at radius 2 is 1.76 bits per heavy atom. The van der Waals surface area contributed by atoms with Gasteiger partial charge in [-0.1, -0.05) is 12.1 Å². The largest absolute Gasteiger partial charge is 0.490 e. The van der Waals surface area contributed by atoms with E-state index in [4.69, 9.17) is 14.6 Å². The van der Waals surface area contributed by atoms with Crippen LogP contribution >= 0.6 is 0 Å². The third-order valence-corrected chi connectivity index (χ3v) is 7.31. The van der Waals surface area contributed by atoms with Crippen LogP contribution in [0.15, 0.2) is 29.2 Å². The molecule has 1 aromatic rings. The Morgan fingerprint density at radius 1 is 1.18 bits per heavy atom. The molecule has 1 amide bonds. The van der Waals surface area contributed by atoms with Crippen molar-refractivity contribution in [1.29, 1.82) is 0 Å². The first-order valence-electron chi connectivity index (χ1n) is 10.2. The second kappa shape index (κ2) is 10.7. The van der Waals surface area contributed by atoms with Crippen molar-refractivity contribution in [3.8, 4) is 5.75 Å². The molecule has 0 bridgehead atoms. The van der Waals surface area contributed by atoms with Crippen molar-refractivity contribution in [1.82, 2.24) is 14.1 Å². The minimum atomic E-state index is -5.08. The molecule has 1 aromatic carbocycles. The van der Waals surface area contributed by atoms with E-state index in [0.29, 0.717) is 44.8 Å². The summed E-state index contributed by atoms with van der Waals surface area (Å²) in [6.45, 7) is 3.71. The quantitative estimate of drug-likeness (QED) is 0.679. The maximum absolute atomic E-state index is 13.4. The van der Waals surface area contributed by atoms with Crippen molar-refractivity contribution in [2.24, 2.45) is 0 Å². The third-order valence-electron chi connectivity index (χ3n) is 5.35. The van der Waals surface area contributed by atoms with Crippen LogP contribution in [-0.4, -0.2) is 98.1 Å². The number of carbonyl (C=O) groups is 2. The molecule has 0 aliphatic carbocycles. The van der Waals surface area contributed by atoms with Gasteiger partial charge >= 0.3 is 12.1 Å².